The van der Waals surface area contributed by atoms with Gasteiger partial charge in [0.05, 0.1) is 12.8 Å². The van der Waals surface area contributed by atoms with Gasteiger partial charge in [-0.15, -0.1) is 16.7 Å². The van der Waals surface area contributed by atoms with Crippen LogP contribution in [-0.4, -0.2) is 28.5 Å². The molecule has 15 heavy (non-hydrogen) atoms. The summed E-state index contributed by atoms with van der Waals surface area (Å²) in [5.41, 5.74) is 0. The normalized spacial score (nSPS) is 21.7. The van der Waals surface area contributed by atoms with Crippen LogP contribution in [0.4, 0.5) is 0 Å². The molecule has 0 N–H and O–H groups in total. The maximum atomic E-state index is 11.7. The number of furan rings is 1. The first-order valence-electron chi connectivity index (χ1n) is 4.56. The van der Waals surface area contributed by atoms with E-state index in [0.717, 1.165) is 11.5 Å². The second-order valence-corrected chi connectivity index (χ2v) is 4.36. The molecule has 0 spiro atoms. The van der Waals surface area contributed by atoms with E-state index >= 15 is 0 Å². The van der Waals surface area contributed by atoms with E-state index in [1.54, 1.807) is 23.3 Å². The van der Waals surface area contributed by atoms with Gasteiger partial charge in [-0.1, -0.05) is 0 Å². The average molecular weight is 226 g/mol. The second kappa shape index (κ2) is 4.48. The van der Waals surface area contributed by atoms with Gasteiger partial charge in [0.15, 0.2) is 0 Å². The summed E-state index contributed by atoms with van der Waals surface area (Å²) < 4.78 is 5.14. The van der Waals surface area contributed by atoms with Crippen LogP contribution in [0.25, 0.3) is 0 Å². The molecule has 5 nitrogen and oxygen atoms in total. The Hall–Kier alpha value is -1.30. The maximum Gasteiger partial charge on any atom is 0.261 e. The number of hydrogen-bond acceptors (Lipinski definition) is 5. The van der Waals surface area contributed by atoms with Gasteiger partial charge in [0.25, 0.3) is 5.91 Å². The zero-order valence-electron chi connectivity index (χ0n) is 7.96. The van der Waals surface area contributed by atoms with E-state index in [1.165, 1.54) is 11.8 Å². The molecule has 2 rings (SSSR count). The lowest BCUT2D eigenvalue weighted by atomic mass is 10.3. The summed E-state index contributed by atoms with van der Waals surface area (Å²) in [6.07, 6.45) is 1.56. The minimum Gasteiger partial charge on any atom is -0.467 e. The van der Waals surface area contributed by atoms with Gasteiger partial charge in [0, 0.05) is 12.3 Å². The van der Waals surface area contributed by atoms with Crippen LogP contribution >= 0.6 is 11.8 Å². The summed E-state index contributed by atoms with van der Waals surface area (Å²) in [7, 11) is 0. The molecule has 1 aliphatic rings. The molecule has 1 fully saturated rings. The van der Waals surface area contributed by atoms with E-state index in [0.29, 0.717) is 13.1 Å². The molecule has 1 aliphatic heterocycles. The molecule has 0 radical (unpaired) electrons. The third-order valence-corrected chi connectivity index (χ3v) is 3.20. The molecule has 1 atom stereocenters. The molecule has 6 heteroatoms. The fraction of sp³-hybridized carbons (Fsp3) is 0.444. The lowest BCUT2D eigenvalue weighted by Crippen LogP contribution is -2.42. The van der Waals surface area contributed by atoms with Crippen LogP contribution in [0.15, 0.2) is 28.0 Å². The predicted molar refractivity (Wildman–Crippen MR) is 56.2 cm³/mol. The van der Waals surface area contributed by atoms with E-state index in [2.05, 4.69) is 5.18 Å². The Bertz CT molecular complexity index is 352. The molecule has 1 saturated heterocycles. The van der Waals surface area contributed by atoms with E-state index in [4.69, 9.17) is 4.42 Å². The average Bonchev–Trinajstić information content (AvgIpc) is 2.74. The van der Waals surface area contributed by atoms with E-state index in [9.17, 15) is 9.70 Å². The molecule has 0 aliphatic carbocycles. The van der Waals surface area contributed by atoms with Crippen molar-refractivity contribution in [1.82, 2.24) is 4.90 Å². The molecule has 0 bridgehead atoms. The standard InChI is InChI=1S/C9H10N2O3S/c12-9-8(10-13)15-5-3-11(9)6-7-2-1-4-14-7/h1-2,4,8H,3,5-6H2. The van der Waals surface area contributed by atoms with Crippen molar-refractivity contribution in [2.24, 2.45) is 5.18 Å². The predicted octanol–water partition coefficient (Wildman–Crippen LogP) is 1.45. The topological polar surface area (TPSA) is 62.9 Å². The van der Waals surface area contributed by atoms with Crippen molar-refractivity contribution in [3.63, 3.8) is 0 Å². The maximum absolute atomic E-state index is 11.7. The van der Waals surface area contributed by atoms with Gasteiger partial charge in [0.2, 0.25) is 5.37 Å². The fourth-order valence-electron chi connectivity index (χ4n) is 1.44. The summed E-state index contributed by atoms with van der Waals surface area (Å²) in [5.74, 6) is 1.24. The SMILES string of the molecule is O=NC1SCCN(Cc2ccco2)C1=O. The van der Waals surface area contributed by atoms with Crippen LogP contribution in [0.2, 0.25) is 0 Å². The number of carbonyl (C=O) groups is 1. The summed E-state index contributed by atoms with van der Waals surface area (Å²) in [4.78, 5) is 23.6. The zero-order chi connectivity index (χ0) is 10.7. The second-order valence-electron chi connectivity index (χ2n) is 3.17. The first kappa shape index (κ1) is 10.2. The zero-order valence-corrected chi connectivity index (χ0v) is 8.77. The Balaban J connectivity index is 2.02. The van der Waals surface area contributed by atoms with Crippen molar-refractivity contribution in [1.29, 1.82) is 0 Å². The summed E-state index contributed by atoms with van der Waals surface area (Å²) >= 11 is 1.29. The molecular formula is C9H10N2O3S. The minimum atomic E-state index is -0.784. The number of rotatable bonds is 3. The summed E-state index contributed by atoms with van der Waals surface area (Å²) in [5, 5.41) is 2.02. The Morgan fingerprint density at radius 3 is 3.20 bits per heavy atom. The highest BCUT2D eigenvalue weighted by atomic mass is 32.2. The molecule has 0 saturated carbocycles. The van der Waals surface area contributed by atoms with Crippen molar-refractivity contribution in [3.8, 4) is 0 Å². The van der Waals surface area contributed by atoms with Crippen molar-refractivity contribution in [2.45, 2.75) is 11.9 Å². The quantitative estimate of drug-likeness (QED) is 0.732. The first-order chi connectivity index (χ1) is 7.31. The van der Waals surface area contributed by atoms with Crippen molar-refractivity contribution in [3.05, 3.63) is 29.1 Å². The highest BCUT2D eigenvalue weighted by Crippen LogP contribution is 2.22. The smallest absolute Gasteiger partial charge is 0.261 e. The van der Waals surface area contributed by atoms with Gasteiger partial charge in [-0.3, -0.25) is 4.79 Å². The molecule has 2 heterocycles. The van der Waals surface area contributed by atoms with Crippen molar-refractivity contribution >= 4 is 17.7 Å². The number of nitrogens with zero attached hydrogens (tertiary/aromatic N) is 2. The lowest BCUT2D eigenvalue weighted by Gasteiger charge is -2.27. The number of amides is 1. The summed E-state index contributed by atoms with van der Waals surface area (Å²) in [6.45, 7) is 1.05. The van der Waals surface area contributed by atoms with Crippen LogP contribution in [0, 0.1) is 4.91 Å². The number of thioether (sulfide) groups is 1. The molecule has 0 aromatic carbocycles. The Morgan fingerprint density at radius 1 is 1.67 bits per heavy atom. The van der Waals surface area contributed by atoms with Gasteiger partial charge >= 0.3 is 0 Å². The monoisotopic (exact) mass is 226 g/mol. The van der Waals surface area contributed by atoms with Crippen LogP contribution in [-0.2, 0) is 11.3 Å². The van der Waals surface area contributed by atoms with Crippen molar-refractivity contribution in [2.75, 3.05) is 12.3 Å². The first-order valence-corrected chi connectivity index (χ1v) is 5.61. The third-order valence-electron chi connectivity index (χ3n) is 2.18. The van der Waals surface area contributed by atoms with Crippen LogP contribution in [0.5, 0.6) is 0 Å². The molecule has 1 amide bonds. The van der Waals surface area contributed by atoms with E-state index in [1.807, 2.05) is 0 Å². The van der Waals surface area contributed by atoms with Gasteiger partial charge < -0.3 is 9.32 Å². The molecule has 80 valence electrons. The van der Waals surface area contributed by atoms with Crippen molar-refractivity contribution < 1.29 is 9.21 Å². The van der Waals surface area contributed by atoms with Gasteiger partial charge in [-0.05, 0) is 17.3 Å². The fourth-order valence-corrected chi connectivity index (χ4v) is 2.34. The van der Waals surface area contributed by atoms with E-state index < -0.39 is 5.37 Å². The number of hydrogen-bond donors (Lipinski definition) is 0. The van der Waals surface area contributed by atoms with Gasteiger partial charge in [-0.2, -0.15) is 0 Å². The molecule has 1 aromatic heterocycles. The van der Waals surface area contributed by atoms with Gasteiger partial charge in [0.1, 0.15) is 5.76 Å². The Morgan fingerprint density at radius 2 is 2.53 bits per heavy atom. The van der Waals surface area contributed by atoms with Crippen LogP contribution in [0.3, 0.4) is 0 Å². The Labute approximate surface area is 90.8 Å². The van der Waals surface area contributed by atoms with Gasteiger partial charge in [-0.25, -0.2) is 0 Å². The van der Waals surface area contributed by atoms with Crippen LogP contribution in [0.1, 0.15) is 5.76 Å². The molecule has 1 aromatic rings. The summed E-state index contributed by atoms with van der Waals surface area (Å²) in [6, 6.07) is 3.58. The highest BCUT2D eigenvalue weighted by Gasteiger charge is 2.30. The molecular weight excluding hydrogens is 216 g/mol. The lowest BCUT2D eigenvalue weighted by molar-refractivity contribution is -0.131. The van der Waals surface area contributed by atoms with Crippen LogP contribution < -0.4 is 0 Å². The Kier molecular flexibility index (Phi) is 3.05. The molecule has 1 unspecified atom stereocenters. The largest absolute Gasteiger partial charge is 0.467 e. The highest BCUT2D eigenvalue weighted by molar-refractivity contribution is 8.00. The third kappa shape index (κ3) is 2.20. The number of nitroso groups, excluding NO2 is 1. The minimum absolute atomic E-state index is 0.224. The number of carbonyl (C=O) groups excluding carboxylic acids is 1. The van der Waals surface area contributed by atoms with E-state index in [-0.39, 0.29) is 5.91 Å².